The number of ketones is 1. The van der Waals surface area contributed by atoms with Crippen molar-refractivity contribution in [3.8, 4) is 11.5 Å². The number of carbonyl (C=O) groups excluding carboxylic acids is 1. The SMILES string of the molecule is CCC(c1ccccc1)C(c1ccc(OC)c(OC2CCCC2)c1)C(C(C)=O)C(=O)O. The zero-order chi connectivity index (χ0) is 22.4. The first-order chi connectivity index (χ1) is 15.0. The van der Waals surface area contributed by atoms with E-state index in [1.165, 1.54) is 6.92 Å². The van der Waals surface area contributed by atoms with Gasteiger partial charge in [0.05, 0.1) is 13.2 Å². The third-order valence-electron chi connectivity index (χ3n) is 6.33. The first-order valence-electron chi connectivity index (χ1n) is 11.1. The highest BCUT2D eigenvalue weighted by Crippen LogP contribution is 2.44. The maximum atomic E-state index is 12.5. The number of carboxylic acids is 1. The van der Waals surface area contributed by atoms with E-state index < -0.39 is 17.8 Å². The van der Waals surface area contributed by atoms with Crippen molar-refractivity contribution < 1.29 is 24.2 Å². The van der Waals surface area contributed by atoms with Crippen LogP contribution in [0.1, 0.15) is 68.9 Å². The van der Waals surface area contributed by atoms with E-state index in [-0.39, 0.29) is 17.8 Å². The molecular weight excluding hydrogens is 392 g/mol. The molecule has 0 heterocycles. The molecule has 3 atom stereocenters. The fourth-order valence-corrected chi connectivity index (χ4v) is 4.81. The van der Waals surface area contributed by atoms with Gasteiger partial charge in [0, 0.05) is 5.92 Å². The normalized spacial score (nSPS) is 17.0. The van der Waals surface area contributed by atoms with Crippen molar-refractivity contribution in [3.63, 3.8) is 0 Å². The van der Waals surface area contributed by atoms with Crippen molar-refractivity contribution in [3.05, 3.63) is 59.7 Å². The highest BCUT2D eigenvalue weighted by Gasteiger charge is 2.39. The van der Waals surface area contributed by atoms with Gasteiger partial charge in [-0.1, -0.05) is 43.3 Å². The summed E-state index contributed by atoms with van der Waals surface area (Å²) in [5.41, 5.74) is 1.81. The van der Waals surface area contributed by atoms with Gasteiger partial charge in [0.2, 0.25) is 0 Å². The summed E-state index contributed by atoms with van der Waals surface area (Å²) in [5, 5.41) is 9.99. The van der Waals surface area contributed by atoms with Crippen LogP contribution in [-0.4, -0.2) is 30.1 Å². The van der Waals surface area contributed by atoms with Crippen LogP contribution in [-0.2, 0) is 9.59 Å². The molecule has 1 N–H and O–H groups in total. The molecule has 1 aliphatic rings. The molecule has 0 aliphatic heterocycles. The zero-order valence-corrected chi connectivity index (χ0v) is 18.5. The maximum absolute atomic E-state index is 12.5. The third-order valence-corrected chi connectivity index (χ3v) is 6.33. The molecule has 1 saturated carbocycles. The highest BCUT2D eigenvalue weighted by molar-refractivity contribution is 5.98. The van der Waals surface area contributed by atoms with Crippen LogP contribution in [0.5, 0.6) is 11.5 Å². The number of hydrogen-bond donors (Lipinski definition) is 1. The van der Waals surface area contributed by atoms with Gasteiger partial charge >= 0.3 is 5.97 Å². The van der Waals surface area contributed by atoms with Crippen LogP contribution < -0.4 is 9.47 Å². The lowest BCUT2D eigenvalue weighted by Gasteiger charge is -2.31. The number of benzene rings is 2. The summed E-state index contributed by atoms with van der Waals surface area (Å²) in [6.45, 7) is 3.39. The van der Waals surface area contributed by atoms with E-state index in [1.807, 2.05) is 55.5 Å². The molecule has 3 rings (SSSR count). The monoisotopic (exact) mass is 424 g/mol. The molecule has 0 aromatic heterocycles. The molecule has 0 amide bonds. The largest absolute Gasteiger partial charge is 0.493 e. The Hall–Kier alpha value is -2.82. The number of Topliss-reactive ketones (excluding diaryl/α,β-unsaturated/α-hetero) is 1. The van der Waals surface area contributed by atoms with Crippen LogP contribution in [0.3, 0.4) is 0 Å². The van der Waals surface area contributed by atoms with Gasteiger partial charge in [-0.25, -0.2) is 0 Å². The van der Waals surface area contributed by atoms with Crippen molar-refractivity contribution in [1.82, 2.24) is 0 Å². The minimum absolute atomic E-state index is 0.126. The number of hydrogen-bond acceptors (Lipinski definition) is 4. The molecule has 0 spiro atoms. The van der Waals surface area contributed by atoms with Crippen molar-refractivity contribution in [2.24, 2.45) is 5.92 Å². The van der Waals surface area contributed by atoms with E-state index in [2.05, 4.69) is 0 Å². The van der Waals surface area contributed by atoms with Crippen molar-refractivity contribution in [1.29, 1.82) is 0 Å². The number of ether oxygens (including phenoxy) is 2. The standard InChI is InChI=1S/C26H32O5/c1-4-21(18-10-6-5-7-11-18)25(24(17(2)27)26(28)29)19-14-15-22(30-3)23(16-19)31-20-12-8-9-13-20/h5-7,10-11,14-16,20-21,24-25H,4,8-9,12-13H2,1-3H3,(H,28,29). The van der Waals surface area contributed by atoms with E-state index in [1.54, 1.807) is 7.11 Å². The fraction of sp³-hybridized carbons (Fsp3) is 0.462. The Morgan fingerprint density at radius 2 is 1.71 bits per heavy atom. The first-order valence-corrected chi connectivity index (χ1v) is 11.1. The topological polar surface area (TPSA) is 72.8 Å². The summed E-state index contributed by atoms with van der Waals surface area (Å²) in [6.07, 6.45) is 5.14. The second-order valence-corrected chi connectivity index (χ2v) is 8.31. The molecule has 0 bridgehead atoms. The van der Waals surface area contributed by atoms with Crippen LogP contribution in [0, 0.1) is 5.92 Å². The molecule has 166 valence electrons. The van der Waals surface area contributed by atoms with Crippen LogP contribution in [0.4, 0.5) is 0 Å². The number of methoxy groups -OCH3 is 1. The summed E-state index contributed by atoms with van der Waals surface area (Å²) >= 11 is 0. The molecule has 0 radical (unpaired) electrons. The van der Waals surface area contributed by atoms with Crippen molar-refractivity contribution in [2.45, 2.75) is 63.9 Å². The van der Waals surface area contributed by atoms with Gasteiger partial charge in [0.15, 0.2) is 11.5 Å². The average Bonchev–Trinajstić information content (AvgIpc) is 3.27. The first kappa shape index (κ1) is 22.9. The van der Waals surface area contributed by atoms with E-state index >= 15 is 0 Å². The van der Waals surface area contributed by atoms with Gasteiger partial charge in [-0.05, 0) is 68.2 Å². The number of carbonyl (C=O) groups is 2. The molecule has 2 aromatic rings. The Kier molecular flexibility index (Phi) is 7.72. The number of rotatable bonds is 10. The molecule has 1 fully saturated rings. The maximum Gasteiger partial charge on any atom is 0.314 e. The Bertz CT molecular complexity index is 872. The Morgan fingerprint density at radius 1 is 1.03 bits per heavy atom. The van der Waals surface area contributed by atoms with Crippen LogP contribution in [0.15, 0.2) is 48.5 Å². The molecule has 3 unspecified atom stereocenters. The molecule has 1 aliphatic carbocycles. The molecule has 2 aromatic carbocycles. The van der Waals surface area contributed by atoms with Gasteiger partial charge in [-0.2, -0.15) is 0 Å². The predicted octanol–water partition coefficient (Wildman–Crippen LogP) is 5.58. The minimum Gasteiger partial charge on any atom is -0.493 e. The van der Waals surface area contributed by atoms with Crippen LogP contribution in [0.25, 0.3) is 0 Å². The van der Waals surface area contributed by atoms with E-state index in [0.29, 0.717) is 17.9 Å². The number of carboxylic acid groups (broad SMARTS) is 1. The summed E-state index contributed by atoms with van der Waals surface area (Å²) in [5.74, 6) is -1.98. The van der Waals surface area contributed by atoms with Crippen LogP contribution >= 0.6 is 0 Å². The molecule has 0 saturated heterocycles. The van der Waals surface area contributed by atoms with E-state index in [9.17, 15) is 14.7 Å². The highest BCUT2D eigenvalue weighted by atomic mass is 16.5. The van der Waals surface area contributed by atoms with Gasteiger partial charge in [-0.15, -0.1) is 0 Å². The summed E-state index contributed by atoms with van der Waals surface area (Å²) in [4.78, 5) is 24.7. The molecule has 31 heavy (non-hydrogen) atoms. The minimum atomic E-state index is -1.14. The average molecular weight is 425 g/mol. The third kappa shape index (κ3) is 5.27. The van der Waals surface area contributed by atoms with Gasteiger partial charge < -0.3 is 14.6 Å². The second-order valence-electron chi connectivity index (χ2n) is 8.31. The Balaban J connectivity index is 2.09. The smallest absolute Gasteiger partial charge is 0.314 e. The molecule has 5 nitrogen and oxygen atoms in total. The Morgan fingerprint density at radius 3 is 2.26 bits per heavy atom. The van der Waals surface area contributed by atoms with Gasteiger partial charge in [0.1, 0.15) is 11.7 Å². The second kappa shape index (κ2) is 10.5. The quantitative estimate of drug-likeness (QED) is 0.504. The van der Waals surface area contributed by atoms with E-state index in [0.717, 1.165) is 36.8 Å². The zero-order valence-electron chi connectivity index (χ0n) is 18.5. The van der Waals surface area contributed by atoms with Crippen molar-refractivity contribution in [2.75, 3.05) is 7.11 Å². The van der Waals surface area contributed by atoms with Crippen LogP contribution in [0.2, 0.25) is 0 Å². The van der Waals surface area contributed by atoms with Gasteiger partial charge in [0.25, 0.3) is 0 Å². The van der Waals surface area contributed by atoms with E-state index in [4.69, 9.17) is 9.47 Å². The van der Waals surface area contributed by atoms with Crippen molar-refractivity contribution >= 4 is 11.8 Å². The summed E-state index contributed by atoms with van der Waals surface area (Å²) < 4.78 is 11.8. The molecular formula is C26H32O5. The number of aliphatic carboxylic acids is 1. The lowest BCUT2D eigenvalue weighted by Crippen LogP contribution is -2.32. The lowest BCUT2D eigenvalue weighted by molar-refractivity contribution is -0.147. The Labute approximate surface area is 184 Å². The predicted molar refractivity (Wildman–Crippen MR) is 120 cm³/mol. The van der Waals surface area contributed by atoms with Gasteiger partial charge in [-0.3, -0.25) is 9.59 Å². The lowest BCUT2D eigenvalue weighted by atomic mass is 9.71. The molecule has 5 heteroatoms. The summed E-state index contributed by atoms with van der Waals surface area (Å²) in [7, 11) is 1.60. The summed E-state index contributed by atoms with van der Waals surface area (Å²) in [6, 6.07) is 15.4. The fourth-order valence-electron chi connectivity index (χ4n) is 4.81.